The van der Waals surface area contributed by atoms with Crippen molar-refractivity contribution in [3.8, 4) is 0 Å². The first kappa shape index (κ1) is 15.9. The first-order valence-electron chi connectivity index (χ1n) is 6.47. The van der Waals surface area contributed by atoms with Crippen molar-refractivity contribution in [1.82, 2.24) is 0 Å². The Kier molecular flexibility index (Phi) is 4.96. The lowest BCUT2D eigenvalue weighted by molar-refractivity contribution is 0.608. The number of aryl methyl sites for hydroxylation is 2. The summed E-state index contributed by atoms with van der Waals surface area (Å²) in [5, 5.41) is 3.30. The molecule has 0 unspecified atom stereocenters. The number of halogens is 2. The van der Waals surface area contributed by atoms with Crippen molar-refractivity contribution in [3.63, 3.8) is 0 Å². The third-order valence-corrected chi connectivity index (χ3v) is 3.94. The molecule has 0 amide bonds. The molecule has 2 aromatic carbocycles. The molecule has 0 spiro atoms. The van der Waals surface area contributed by atoms with Gasteiger partial charge in [0.05, 0.1) is 0 Å². The Morgan fingerprint density at radius 2 is 1.86 bits per heavy atom. The molecule has 0 saturated heterocycles. The number of thiocarbonyl (C=S) groups is 1. The van der Waals surface area contributed by atoms with Gasteiger partial charge in [-0.05, 0) is 48.7 Å². The molecule has 110 valence electrons. The lowest BCUT2D eigenvalue weighted by Gasteiger charge is -2.13. The van der Waals surface area contributed by atoms with E-state index in [1.165, 1.54) is 0 Å². The predicted molar refractivity (Wildman–Crippen MR) is 93.2 cm³/mol. The Morgan fingerprint density at radius 1 is 1.24 bits per heavy atom. The zero-order valence-corrected chi connectivity index (χ0v) is 14.2. The van der Waals surface area contributed by atoms with E-state index in [4.69, 9.17) is 18.0 Å². The zero-order valence-electron chi connectivity index (χ0n) is 11.8. The molecule has 0 fully saturated rings. The molecule has 0 aliphatic rings. The van der Waals surface area contributed by atoms with Crippen LogP contribution in [0.25, 0.3) is 0 Å². The van der Waals surface area contributed by atoms with Gasteiger partial charge < -0.3 is 11.1 Å². The third kappa shape index (κ3) is 3.80. The molecule has 0 aliphatic carbocycles. The van der Waals surface area contributed by atoms with Crippen LogP contribution in [0.2, 0.25) is 0 Å². The van der Waals surface area contributed by atoms with Gasteiger partial charge in [-0.1, -0.05) is 40.3 Å². The van der Waals surface area contributed by atoms with E-state index in [2.05, 4.69) is 21.2 Å². The van der Waals surface area contributed by atoms with Crippen LogP contribution in [0.4, 0.5) is 10.1 Å². The van der Waals surface area contributed by atoms with Gasteiger partial charge in [0.1, 0.15) is 10.8 Å². The largest absolute Gasteiger partial charge is 0.389 e. The van der Waals surface area contributed by atoms with Gasteiger partial charge in [-0.25, -0.2) is 4.39 Å². The Bertz CT molecular complexity index is 678. The highest BCUT2D eigenvalue weighted by molar-refractivity contribution is 9.10. The quantitative estimate of drug-likeness (QED) is 0.784. The molecule has 0 radical (unpaired) electrons. The number of hydrogen-bond donors (Lipinski definition) is 2. The van der Waals surface area contributed by atoms with Gasteiger partial charge in [0.2, 0.25) is 0 Å². The van der Waals surface area contributed by atoms with Crippen LogP contribution in [0.15, 0.2) is 34.8 Å². The van der Waals surface area contributed by atoms with Gasteiger partial charge in [-0.3, -0.25) is 0 Å². The van der Waals surface area contributed by atoms with Crippen molar-refractivity contribution in [3.05, 3.63) is 62.9 Å². The van der Waals surface area contributed by atoms with E-state index in [-0.39, 0.29) is 5.82 Å². The number of nitrogens with two attached hydrogens (primary N) is 1. The molecule has 3 N–H and O–H groups in total. The summed E-state index contributed by atoms with van der Waals surface area (Å²) in [6, 6.07) is 9.40. The maximum Gasteiger partial charge on any atom is 0.129 e. The molecule has 2 rings (SSSR count). The average molecular weight is 367 g/mol. The van der Waals surface area contributed by atoms with Crippen LogP contribution in [0.1, 0.15) is 22.3 Å². The van der Waals surface area contributed by atoms with E-state index in [1.807, 2.05) is 30.3 Å². The molecule has 21 heavy (non-hydrogen) atoms. The molecular weight excluding hydrogens is 351 g/mol. The third-order valence-electron chi connectivity index (χ3n) is 3.23. The molecule has 0 aromatic heterocycles. The van der Waals surface area contributed by atoms with Gasteiger partial charge in [-0.2, -0.15) is 0 Å². The van der Waals surface area contributed by atoms with E-state index >= 15 is 0 Å². The number of anilines is 1. The molecule has 0 heterocycles. The normalized spacial score (nSPS) is 10.5. The molecule has 2 aromatic rings. The lowest BCUT2D eigenvalue weighted by Crippen LogP contribution is -2.13. The molecule has 0 saturated carbocycles. The van der Waals surface area contributed by atoms with Crippen LogP contribution in [0, 0.1) is 19.7 Å². The molecule has 0 bridgehead atoms. The second-order valence-corrected chi connectivity index (χ2v) is 6.31. The van der Waals surface area contributed by atoms with E-state index in [0.717, 1.165) is 21.3 Å². The summed E-state index contributed by atoms with van der Waals surface area (Å²) in [6.45, 7) is 4.12. The van der Waals surface area contributed by atoms with Crippen LogP contribution in [0.5, 0.6) is 0 Å². The average Bonchev–Trinajstić information content (AvgIpc) is 2.43. The zero-order chi connectivity index (χ0) is 15.6. The van der Waals surface area contributed by atoms with Gasteiger partial charge in [-0.15, -0.1) is 0 Å². The van der Waals surface area contributed by atoms with Crippen molar-refractivity contribution >= 4 is 38.8 Å². The molecule has 5 heteroatoms. The van der Waals surface area contributed by atoms with Gasteiger partial charge in [0.15, 0.2) is 0 Å². The maximum atomic E-state index is 13.6. The summed E-state index contributed by atoms with van der Waals surface area (Å²) < 4.78 is 14.5. The smallest absolute Gasteiger partial charge is 0.129 e. The lowest BCUT2D eigenvalue weighted by atomic mass is 10.1. The fraction of sp³-hybridized carbons (Fsp3) is 0.188. The Hall–Kier alpha value is -1.46. The van der Waals surface area contributed by atoms with E-state index < -0.39 is 0 Å². The monoisotopic (exact) mass is 366 g/mol. The minimum absolute atomic E-state index is 0.147. The predicted octanol–water partition coefficient (Wildman–Crippen LogP) is 4.45. The fourth-order valence-electron chi connectivity index (χ4n) is 2.21. The highest BCUT2D eigenvalue weighted by Crippen LogP contribution is 2.22. The second-order valence-electron chi connectivity index (χ2n) is 4.95. The summed E-state index contributed by atoms with van der Waals surface area (Å²) in [6.07, 6.45) is 0. The number of hydrogen-bond acceptors (Lipinski definition) is 2. The standard InChI is InChI=1S/C16H16BrFN2S/c1-9-5-11(6-10(2)15(9)18)8-20-14-4-3-12(17)7-13(14)16(19)21/h3-7,20H,8H2,1-2H3,(H2,19,21). The topological polar surface area (TPSA) is 38.0 Å². The minimum Gasteiger partial charge on any atom is -0.389 e. The summed E-state index contributed by atoms with van der Waals surface area (Å²) in [4.78, 5) is 0.338. The summed E-state index contributed by atoms with van der Waals surface area (Å²) in [5.74, 6) is -0.147. The van der Waals surface area contributed by atoms with Crippen molar-refractivity contribution in [2.75, 3.05) is 5.32 Å². The van der Waals surface area contributed by atoms with Crippen LogP contribution in [-0.2, 0) is 6.54 Å². The summed E-state index contributed by atoms with van der Waals surface area (Å²) in [5.41, 5.74) is 9.71. The second kappa shape index (κ2) is 6.54. The minimum atomic E-state index is -0.147. The molecule has 2 nitrogen and oxygen atoms in total. The number of benzene rings is 2. The van der Waals surface area contributed by atoms with Crippen molar-refractivity contribution in [2.45, 2.75) is 20.4 Å². The van der Waals surface area contributed by atoms with Gasteiger partial charge >= 0.3 is 0 Å². The Morgan fingerprint density at radius 3 is 2.43 bits per heavy atom. The highest BCUT2D eigenvalue weighted by atomic mass is 79.9. The van der Waals surface area contributed by atoms with Crippen LogP contribution < -0.4 is 11.1 Å². The van der Waals surface area contributed by atoms with Crippen LogP contribution in [0.3, 0.4) is 0 Å². The SMILES string of the molecule is Cc1cc(CNc2ccc(Br)cc2C(N)=S)cc(C)c1F. The van der Waals surface area contributed by atoms with Crippen LogP contribution >= 0.6 is 28.1 Å². The van der Waals surface area contributed by atoms with Gasteiger partial charge in [0, 0.05) is 22.3 Å². The fourth-order valence-corrected chi connectivity index (χ4v) is 2.74. The van der Waals surface area contributed by atoms with Crippen LogP contribution in [-0.4, -0.2) is 4.99 Å². The first-order chi connectivity index (χ1) is 9.88. The van der Waals surface area contributed by atoms with E-state index in [0.29, 0.717) is 22.7 Å². The van der Waals surface area contributed by atoms with Gasteiger partial charge in [0.25, 0.3) is 0 Å². The molecule has 0 aliphatic heterocycles. The Labute approximate surface area is 137 Å². The highest BCUT2D eigenvalue weighted by Gasteiger charge is 2.08. The van der Waals surface area contributed by atoms with E-state index in [1.54, 1.807) is 13.8 Å². The Balaban J connectivity index is 2.22. The van der Waals surface area contributed by atoms with Crippen molar-refractivity contribution in [1.29, 1.82) is 0 Å². The summed E-state index contributed by atoms with van der Waals surface area (Å²) >= 11 is 8.47. The number of rotatable bonds is 4. The molecular formula is C16H16BrFN2S. The van der Waals surface area contributed by atoms with Crippen molar-refractivity contribution in [2.24, 2.45) is 5.73 Å². The first-order valence-corrected chi connectivity index (χ1v) is 7.67. The molecule has 0 atom stereocenters. The van der Waals surface area contributed by atoms with Crippen molar-refractivity contribution < 1.29 is 4.39 Å². The van der Waals surface area contributed by atoms with E-state index in [9.17, 15) is 4.39 Å². The summed E-state index contributed by atoms with van der Waals surface area (Å²) in [7, 11) is 0. The maximum absolute atomic E-state index is 13.6. The number of nitrogens with one attached hydrogen (secondary N) is 1.